The van der Waals surface area contributed by atoms with Gasteiger partial charge in [0.1, 0.15) is 0 Å². The van der Waals surface area contributed by atoms with Crippen molar-refractivity contribution in [3.8, 4) is 0 Å². The van der Waals surface area contributed by atoms with Gasteiger partial charge in [0.2, 0.25) is 5.91 Å². The van der Waals surface area contributed by atoms with Gasteiger partial charge in [-0.25, -0.2) is 0 Å². The molecule has 0 spiro atoms. The van der Waals surface area contributed by atoms with Crippen LogP contribution in [0.2, 0.25) is 0 Å². The molecule has 0 fully saturated rings. The van der Waals surface area contributed by atoms with E-state index in [4.69, 9.17) is 4.42 Å². The number of benzene rings is 1. The number of likely N-dealkylation sites (N-methyl/N-ethyl adjacent to an activating group) is 1. The lowest BCUT2D eigenvalue weighted by atomic mass is 10.2. The molecule has 0 aliphatic heterocycles. The summed E-state index contributed by atoms with van der Waals surface area (Å²) in [6, 6.07) is 9.59. The minimum atomic E-state index is -0.375. The van der Waals surface area contributed by atoms with E-state index in [-0.39, 0.29) is 30.0 Å². The van der Waals surface area contributed by atoms with Gasteiger partial charge in [-0.1, -0.05) is 0 Å². The maximum absolute atomic E-state index is 12.0. The summed E-state index contributed by atoms with van der Waals surface area (Å²) in [5, 5.41) is 5.18. The summed E-state index contributed by atoms with van der Waals surface area (Å²) in [7, 11) is 3.06. The first-order chi connectivity index (χ1) is 11.0. The Morgan fingerprint density at radius 3 is 2.39 bits per heavy atom. The molecule has 0 saturated heterocycles. The molecule has 0 aliphatic rings. The van der Waals surface area contributed by atoms with Crippen LogP contribution >= 0.6 is 0 Å². The van der Waals surface area contributed by atoms with Crippen molar-refractivity contribution in [1.29, 1.82) is 0 Å². The van der Waals surface area contributed by atoms with Crippen molar-refractivity contribution in [3.63, 3.8) is 0 Å². The summed E-state index contributed by atoms with van der Waals surface area (Å²) in [6.45, 7) is -0.114. The molecule has 120 valence electrons. The number of anilines is 1. The predicted molar refractivity (Wildman–Crippen MR) is 84.1 cm³/mol. The van der Waals surface area contributed by atoms with E-state index >= 15 is 0 Å². The lowest BCUT2D eigenvalue weighted by Crippen LogP contribution is -2.34. The molecule has 23 heavy (non-hydrogen) atoms. The van der Waals surface area contributed by atoms with Gasteiger partial charge in [-0.2, -0.15) is 0 Å². The van der Waals surface area contributed by atoms with Crippen LogP contribution in [-0.2, 0) is 4.79 Å². The third kappa shape index (κ3) is 4.19. The third-order valence-electron chi connectivity index (χ3n) is 3.12. The van der Waals surface area contributed by atoms with Crippen LogP contribution in [0, 0.1) is 0 Å². The zero-order valence-electron chi connectivity index (χ0n) is 12.8. The zero-order chi connectivity index (χ0) is 16.8. The molecule has 0 bridgehead atoms. The zero-order valence-corrected chi connectivity index (χ0v) is 12.8. The molecule has 7 nitrogen and oxygen atoms in total. The number of amides is 3. The Hall–Kier alpha value is -3.09. The number of nitrogens with one attached hydrogen (secondary N) is 2. The maximum Gasteiger partial charge on any atom is 0.289 e. The number of carbonyl (C=O) groups excluding carboxylic acids is 3. The first-order valence-corrected chi connectivity index (χ1v) is 6.92. The number of nitrogens with zero attached hydrogens (tertiary/aromatic N) is 1. The average molecular weight is 315 g/mol. The van der Waals surface area contributed by atoms with Gasteiger partial charge >= 0.3 is 0 Å². The highest BCUT2D eigenvalue weighted by atomic mass is 16.3. The van der Waals surface area contributed by atoms with E-state index < -0.39 is 0 Å². The molecule has 0 aliphatic carbocycles. The Labute approximate surface area is 133 Å². The summed E-state index contributed by atoms with van der Waals surface area (Å²) in [5.41, 5.74) is 1.04. The molecule has 0 saturated carbocycles. The van der Waals surface area contributed by atoms with Gasteiger partial charge in [0.25, 0.3) is 11.8 Å². The van der Waals surface area contributed by atoms with Crippen LogP contribution in [0.5, 0.6) is 0 Å². The number of rotatable bonds is 5. The van der Waals surface area contributed by atoms with Crippen LogP contribution in [-0.4, -0.2) is 43.3 Å². The lowest BCUT2D eigenvalue weighted by molar-refractivity contribution is -0.116. The van der Waals surface area contributed by atoms with Gasteiger partial charge in [-0.15, -0.1) is 0 Å². The van der Waals surface area contributed by atoms with Gasteiger partial charge in [-0.3, -0.25) is 14.4 Å². The van der Waals surface area contributed by atoms with E-state index in [1.54, 1.807) is 37.4 Å². The minimum Gasteiger partial charge on any atom is -0.459 e. The first kappa shape index (κ1) is 16.3. The Morgan fingerprint density at radius 2 is 1.83 bits per heavy atom. The second kappa shape index (κ2) is 7.26. The number of carbonyl (C=O) groups is 3. The molecule has 0 atom stereocenters. The van der Waals surface area contributed by atoms with Gasteiger partial charge in [0.15, 0.2) is 5.76 Å². The summed E-state index contributed by atoms with van der Waals surface area (Å²) in [5.74, 6) is -0.748. The van der Waals surface area contributed by atoms with Gasteiger partial charge < -0.3 is 20.0 Å². The van der Waals surface area contributed by atoms with E-state index in [9.17, 15) is 14.4 Å². The number of hydrogen-bond acceptors (Lipinski definition) is 4. The smallest absolute Gasteiger partial charge is 0.289 e. The van der Waals surface area contributed by atoms with Crippen LogP contribution in [0.1, 0.15) is 20.9 Å². The second-order valence-electron chi connectivity index (χ2n) is 4.84. The monoisotopic (exact) mass is 315 g/mol. The maximum atomic E-state index is 12.0. The van der Waals surface area contributed by atoms with Crippen molar-refractivity contribution in [3.05, 3.63) is 54.0 Å². The highest BCUT2D eigenvalue weighted by Crippen LogP contribution is 2.10. The Bertz CT molecular complexity index is 693. The molecular formula is C16H17N3O4. The SMILES string of the molecule is CNC(=O)c1ccc(NC(=O)CN(C)C(=O)c2ccco2)cc1. The molecule has 7 heteroatoms. The van der Waals surface area contributed by atoms with Crippen molar-refractivity contribution in [2.24, 2.45) is 0 Å². The van der Waals surface area contributed by atoms with Crippen LogP contribution in [0.25, 0.3) is 0 Å². The Kier molecular flexibility index (Phi) is 5.14. The van der Waals surface area contributed by atoms with E-state index in [1.807, 2.05) is 0 Å². The van der Waals surface area contributed by atoms with E-state index in [0.717, 1.165) is 0 Å². The molecular weight excluding hydrogens is 298 g/mol. The van der Waals surface area contributed by atoms with Crippen molar-refractivity contribution < 1.29 is 18.8 Å². The topological polar surface area (TPSA) is 91.7 Å². The van der Waals surface area contributed by atoms with Crippen molar-refractivity contribution in [1.82, 2.24) is 10.2 Å². The molecule has 2 rings (SSSR count). The van der Waals surface area contributed by atoms with Gasteiger partial charge in [0, 0.05) is 25.3 Å². The molecule has 1 aromatic heterocycles. The van der Waals surface area contributed by atoms with Gasteiger partial charge in [-0.05, 0) is 36.4 Å². The third-order valence-corrected chi connectivity index (χ3v) is 3.12. The summed E-state index contributed by atoms with van der Waals surface area (Å²) in [4.78, 5) is 36.6. The standard InChI is InChI=1S/C16H17N3O4/c1-17-15(21)11-5-7-12(8-6-11)18-14(20)10-19(2)16(22)13-4-3-9-23-13/h3-9H,10H2,1-2H3,(H,17,21)(H,18,20). The fourth-order valence-corrected chi connectivity index (χ4v) is 1.93. The summed E-state index contributed by atoms with van der Waals surface area (Å²) in [6.07, 6.45) is 1.40. The fraction of sp³-hybridized carbons (Fsp3) is 0.188. The summed E-state index contributed by atoms with van der Waals surface area (Å²) >= 11 is 0. The van der Waals surface area contributed by atoms with Crippen LogP contribution in [0.4, 0.5) is 5.69 Å². The highest BCUT2D eigenvalue weighted by Gasteiger charge is 2.17. The molecule has 2 N–H and O–H groups in total. The van der Waals surface area contributed by atoms with Crippen molar-refractivity contribution in [2.75, 3.05) is 26.0 Å². The van der Waals surface area contributed by atoms with E-state index in [2.05, 4.69) is 10.6 Å². The van der Waals surface area contributed by atoms with Crippen LogP contribution < -0.4 is 10.6 Å². The molecule has 2 aromatic rings. The molecule has 0 unspecified atom stereocenters. The molecule has 3 amide bonds. The quantitative estimate of drug-likeness (QED) is 0.871. The fourth-order valence-electron chi connectivity index (χ4n) is 1.93. The van der Waals surface area contributed by atoms with Crippen molar-refractivity contribution >= 4 is 23.4 Å². The van der Waals surface area contributed by atoms with Gasteiger partial charge in [0.05, 0.1) is 12.8 Å². The average Bonchev–Trinajstić information content (AvgIpc) is 3.08. The molecule has 1 heterocycles. The molecule has 1 aromatic carbocycles. The van der Waals surface area contributed by atoms with E-state index in [0.29, 0.717) is 11.3 Å². The van der Waals surface area contributed by atoms with Crippen molar-refractivity contribution in [2.45, 2.75) is 0 Å². The Balaban J connectivity index is 1.91. The molecule has 0 radical (unpaired) electrons. The predicted octanol–water partition coefficient (Wildman–Crippen LogP) is 1.35. The van der Waals surface area contributed by atoms with E-state index in [1.165, 1.54) is 24.3 Å². The second-order valence-corrected chi connectivity index (χ2v) is 4.84. The highest BCUT2D eigenvalue weighted by molar-refractivity contribution is 5.98. The first-order valence-electron chi connectivity index (χ1n) is 6.92. The minimum absolute atomic E-state index is 0.114. The number of furan rings is 1. The number of hydrogen-bond donors (Lipinski definition) is 2. The normalized spacial score (nSPS) is 10.0. The lowest BCUT2D eigenvalue weighted by Gasteiger charge is -2.15. The van der Waals surface area contributed by atoms with Crippen LogP contribution in [0.15, 0.2) is 47.1 Å². The Morgan fingerprint density at radius 1 is 1.13 bits per heavy atom. The van der Waals surface area contributed by atoms with Crippen LogP contribution in [0.3, 0.4) is 0 Å². The largest absolute Gasteiger partial charge is 0.459 e. The summed E-state index contributed by atoms with van der Waals surface area (Å²) < 4.78 is 5.00.